The molecule has 0 spiro atoms. The molecule has 2 aromatic carbocycles. The van der Waals surface area contributed by atoms with Gasteiger partial charge in [0.05, 0.1) is 43.1 Å². The maximum atomic E-state index is 12.5. The lowest BCUT2D eigenvalue weighted by Gasteiger charge is -2.13. The normalized spacial score (nSPS) is 13.9. The van der Waals surface area contributed by atoms with Gasteiger partial charge in [-0.2, -0.15) is 0 Å². The van der Waals surface area contributed by atoms with Crippen LogP contribution < -0.4 is 15.0 Å². The molecule has 1 N–H and O–H groups in total. The lowest BCUT2D eigenvalue weighted by atomic mass is 10.2. The molecule has 27 heavy (non-hydrogen) atoms. The third-order valence-electron chi connectivity index (χ3n) is 4.21. The molecular weight excluding hydrogens is 372 g/mol. The van der Waals surface area contributed by atoms with E-state index < -0.39 is 6.10 Å². The van der Waals surface area contributed by atoms with Crippen LogP contribution >= 0.6 is 11.6 Å². The zero-order valence-electron chi connectivity index (χ0n) is 14.3. The maximum absolute atomic E-state index is 12.5. The minimum atomic E-state index is -0.844. The summed E-state index contributed by atoms with van der Waals surface area (Å²) in [5, 5.41) is 11.2. The van der Waals surface area contributed by atoms with E-state index in [0.29, 0.717) is 34.0 Å². The highest BCUT2D eigenvalue weighted by Crippen LogP contribution is 2.32. The highest BCUT2D eigenvalue weighted by Gasteiger charge is 2.14. The minimum Gasteiger partial charge on any atom is -0.454 e. The molecular formula is C19H17ClN2O5. The molecule has 140 valence electrons. The smallest absolute Gasteiger partial charge is 0.261 e. The van der Waals surface area contributed by atoms with Crippen molar-refractivity contribution < 1.29 is 19.3 Å². The molecule has 1 aliphatic heterocycles. The van der Waals surface area contributed by atoms with Crippen molar-refractivity contribution in [1.82, 2.24) is 9.55 Å². The van der Waals surface area contributed by atoms with Crippen molar-refractivity contribution in [2.45, 2.75) is 19.3 Å². The summed E-state index contributed by atoms with van der Waals surface area (Å²) < 4.78 is 17.5. The number of aliphatic hydroxyl groups is 1. The summed E-state index contributed by atoms with van der Waals surface area (Å²) in [5.41, 5.74) is 1.21. The Hall–Kier alpha value is -2.61. The van der Waals surface area contributed by atoms with Crippen LogP contribution in [-0.4, -0.2) is 34.2 Å². The van der Waals surface area contributed by atoms with Gasteiger partial charge in [-0.3, -0.25) is 9.36 Å². The molecule has 1 atom stereocenters. The highest BCUT2D eigenvalue weighted by molar-refractivity contribution is 6.31. The number of aliphatic hydroxyl groups excluding tert-OH is 1. The number of fused-ring (bicyclic) bond motifs is 2. The van der Waals surface area contributed by atoms with Gasteiger partial charge in [0.25, 0.3) is 5.56 Å². The minimum absolute atomic E-state index is 0.0829. The average molecular weight is 389 g/mol. The molecule has 0 bridgehead atoms. The second-order valence-electron chi connectivity index (χ2n) is 6.22. The second-order valence-corrected chi connectivity index (χ2v) is 6.66. The Kier molecular flexibility index (Phi) is 4.98. The molecule has 0 saturated carbocycles. The van der Waals surface area contributed by atoms with Crippen molar-refractivity contribution in [3.05, 3.63) is 63.7 Å². The van der Waals surface area contributed by atoms with Gasteiger partial charge in [-0.15, -0.1) is 0 Å². The Morgan fingerprint density at radius 2 is 2.07 bits per heavy atom. The number of hydrogen-bond donors (Lipinski definition) is 1. The summed E-state index contributed by atoms with van der Waals surface area (Å²) in [5.74, 6) is 1.40. The average Bonchev–Trinajstić information content (AvgIpc) is 3.12. The molecule has 0 saturated heterocycles. The summed E-state index contributed by atoms with van der Waals surface area (Å²) >= 11 is 5.91. The number of hydrogen-bond acceptors (Lipinski definition) is 6. The lowest BCUT2D eigenvalue weighted by molar-refractivity contribution is 0.0198. The summed E-state index contributed by atoms with van der Waals surface area (Å²) in [7, 11) is 0. The molecule has 1 aromatic heterocycles. The van der Waals surface area contributed by atoms with E-state index in [2.05, 4.69) is 4.98 Å². The van der Waals surface area contributed by atoms with Gasteiger partial charge < -0.3 is 19.3 Å². The Labute approximate surface area is 159 Å². The molecule has 0 radical (unpaired) electrons. The largest absolute Gasteiger partial charge is 0.454 e. The van der Waals surface area contributed by atoms with Crippen LogP contribution in [0.25, 0.3) is 10.9 Å². The van der Waals surface area contributed by atoms with Crippen molar-refractivity contribution in [1.29, 1.82) is 0 Å². The Balaban J connectivity index is 1.36. The molecule has 0 aliphatic carbocycles. The summed E-state index contributed by atoms with van der Waals surface area (Å²) in [4.78, 5) is 16.7. The van der Waals surface area contributed by atoms with Crippen LogP contribution in [0.4, 0.5) is 0 Å². The molecule has 1 unspecified atom stereocenters. The van der Waals surface area contributed by atoms with Crippen molar-refractivity contribution in [2.75, 3.05) is 13.4 Å². The van der Waals surface area contributed by atoms with Gasteiger partial charge in [0.1, 0.15) is 0 Å². The number of rotatable bonds is 6. The Morgan fingerprint density at radius 3 is 2.96 bits per heavy atom. The SMILES string of the molecule is O=c1c2ccc(Cl)cc2ncn1CC(O)COCc1ccc2c(c1)OCO2. The first kappa shape index (κ1) is 17.8. The first-order valence-corrected chi connectivity index (χ1v) is 8.77. The fourth-order valence-electron chi connectivity index (χ4n) is 2.88. The number of benzene rings is 2. The van der Waals surface area contributed by atoms with E-state index >= 15 is 0 Å². The fourth-order valence-corrected chi connectivity index (χ4v) is 3.05. The molecule has 0 amide bonds. The van der Waals surface area contributed by atoms with Gasteiger partial charge in [-0.05, 0) is 35.9 Å². The summed E-state index contributed by atoms with van der Waals surface area (Å²) in [6, 6.07) is 10.5. The van der Waals surface area contributed by atoms with E-state index in [4.69, 9.17) is 25.8 Å². The number of ether oxygens (including phenoxy) is 3. The molecule has 8 heteroatoms. The van der Waals surface area contributed by atoms with Crippen LogP contribution in [0.5, 0.6) is 11.5 Å². The molecule has 3 aromatic rings. The predicted molar refractivity (Wildman–Crippen MR) is 99.2 cm³/mol. The second kappa shape index (κ2) is 7.56. The van der Waals surface area contributed by atoms with Gasteiger partial charge in [-0.25, -0.2) is 4.98 Å². The zero-order valence-corrected chi connectivity index (χ0v) is 15.1. The third kappa shape index (κ3) is 3.90. The van der Waals surface area contributed by atoms with Gasteiger partial charge in [0, 0.05) is 5.02 Å². The van der Waals surface area contributed by atoms with E-state index in [1.807, 2.05) is 18.2 Å². The van der Waals surface area contributed by atoms with Crippen molar-refractivity contribution in [3.8, 4) is 11.5 Å². The number of halogens is 1. The number of aromatic nitrogens is 2. The van der Waals surface area contributed by atoms with E-state index in [1.165, 1.54) is 10.9 Å². The number of nitrogens with zero attached hydrogens (tertiary/aromatic N) is 2. The van der Waals surface area contributed by atoms with Crippen LogP contribution in [0.15, 0.2) is 47.5 Å². The molecule has 4 rings (SSSR count). The van der Waals surface area contributed by atoms with Gasteiger partial charge in [-0.1, -0.05) is 17.7 Å². The summed E-state index contributed by atoms with van der Waals surface area (Å²) in [6.45, 7) is 0.710. The predicted octanol–water partition coefficient (Wildman–Crippen LogP) is 2.36. The first-order chi connectivity index (χ1) is 13.1. The standard InChI is InChI=1S/C19H17ClN2O5/c20-13-2-3-15-16(6-13)21-10-22(19(15)24)7-14(23)9-25-8-12-1-4-17-18(5-12)27-11-26-17/h1-6,10,14,23H,7-9,11H2. The quantitative estimate of drug-likeness (QED) is 0.698. The molecule has 1 aliphatic rings. The fraction of sp³-hybridized carbons (Fsp3) is 0.263. The summed E-state index contributed by atoms with van der Waals surface area (Å²) in [6.07, 6.45) is 0.561. The van der Waals surface area contributed by atoms with Crippen molar-refractivity contribution in [3.63, 3.8) is 0 Å². The topological polar surface area (TPSA) is 82.8 Å². The molecule has 7 nitrogen and oxygen atoms in total. The van der Waals surface area contributed by atoms with E-state index in [1.54, 1.807) is 18.2 Å². The van der Waals surface area contributed by atoms with Crippen LogP contribution in [0.2, 0.25) is 5.02 Å². The Morgan fingerprint density at radius 1 is 1.22 bits per heavy atom. The van der Waals surface area contributed by atoms with Crippen molar-refractivity contribution >= 4 is 22.5 Å². The van der Waals surface area contributed by atoms with Crippen LogP contribution in [0, 0.1) is 0 Å². The third-order valence-corrected chi connectivity index (χ3v) is 4.45. The van der Waals surface area contributed by atoms with E-state index in [0.717, 1.165) is 5.56 Å². The molecule has 0 fully saturated rings. The Bertz CT molecular complexity index is 1040. The van der Waals surface area contributed by atoms with Crippen LogP contribution in [0.1, 0.15) is 5.56 Å². The zero-order chi connectivity index (χ0) is 18.8. The van der Waals surface area contributed by atoms with Crippen LogP contribution in [-0.2, 0) is 17.9 Å². The van der Waals surface area contributed by atoms with E-state index in [9.17, 15) is 9.90 Å². The monoisotopic (exact) mass is 388 g/mol. The first-order valence-electron chi connectivity index (χ1n) is 8.39. The van der Waals surface area contributed by atoms with E-state index in [-0.39, 0.29) is 25.5 Å². The highest BCUT2D eigenvalue weighted by atomic mass is 35.5. The van der Waals surface area contributed by atoms with Gasteiger partial charge in [0.15, 0.2) is 11.5 Å². The van der Waals surface area contributed by atoms with Gasteiger partial charge >= 0.3 is 0 Å². The molecule has 2 heterocycles. The lowest BCUT2D eigenvalue weighted by Crippen LogP contribution is -2.29. The van der Waals surface area contributed by atoms with Crippen LogP contribution in [0.3, 0.4) is 0 Å². The van der Waals surface area contributed by atoms with Crippen molar-refractivity contribution in [2.24, 2.45) is 0 Å². The van der Waals surface area contributed by atoms with Gasteiger partial charge in [0.2, 0.25) is 6.79 Å². The maximum Gasteiger partial charge on any atom is 0.261 e.